The van der Waals surface area contributed by atoms with Gasteiger partial charge in [0.15, 0.2) is 0 Å². The van der Waals surface area contributed by atoms with Crippen LogP contribution in [0.4, 0.5) is 0 Å². The lowest BCUT2D eigenvalue weighted by atomic mass is 9.77. The van der Waals surface area contributed by atoms with Crippen LogP contribution in [0.2, 0.25) is 5.02 Å². The molecule has 9 heteroatoms. The summed E-state index contributed by atoms with van der Waals surface area (Å²) in [6, 6.07) is 22.8. The molecule has 0 fully saturated rings. The Morgan fingerprint density at radius 1 is 0.978 bits per heavy atom. The van der Waals surface area contributed by atoms with Crippen molar-refractivity contribution in [1.29, 1.82) is 0 Å². The van der Waals surface area contributed by atoms with Crippen molar-refractivity contribution in [2.75, 3.05) is 13.7 Å². The van der Waals surface area contributed by atoms with Crippen molar-refractivity contribution in [2.24, 2.45) is 0 Å². The number of hydrogen-bond acceptors (Lipinski definition) is 5. The third kappa shape index (κ3) is 7.35. The summed E-state index contributed by atoms with van der Waals surface area (Å²) in [4.78, 5) is 44.1. The number of benzene rings is 3. The summed E-state index contributed by atoms with van der Waals surface area (Å²) >= 11 is 6.25. The highest BCUT2D eigenvalue weighted by Crippen LogP contribution is 2.41. The van der Waals surface area contributed by atoms with Crippen molar-refractivity contribution in [3.8, 4) is 16.9 Å². The van der Waals surface area contributed by atoms with Gasteiger partial charge in [0.25, 0.3) is 5.91 Å². The van der Waals surface area contributed by atoms with Gasteiger partial charge >= 0.3 is 5.97 Å². The van der Waals surface area contributed by atoms with Gasteiger partial charge in [0, 0.05) is 48.2 Å². The number of rotatable bonds is 12. The van der Waals surface area contributed by atoms with Gasteiger partial charge in [0.1, 0.15) is 5.75 Å². The third-order valence-electron chi connectivity index (χ3n) is 8.28. The number of carbonyl (C=O) groups excluding carboxylic acids is 2. The van der Waals surface area contributed by atoms with Gasteiger partial charge in [-0.1, -0.05) is 61.3 Å². The third-order valence-corrected chi connectivity index (χ3v) is 8.53. The van der Waals surface area contributed by atoms with E-state index in [1.807, 2.05) is 53.4 Å². The molecule has 5 rings (SSSR count). The number of nitrogens with zero attached hydrogens (tertiary/aromatic N) is 2. The van der Waals surface area contributed by atoms with E-state index in [-0.39, 0.29) is 30.7 Å². The molecule has 2 heterocycles. The van der Waals surface area contributed by atoms with Crippen molar-refractivity contribution >= 4 is 29.4 Å². The number of pyridine rings is 1. The number of halogens is 1. The Hall–Kier alpha value is -4.69. The van der Waals surface area contributed by atoms with Crippen molar-refractivity contribution in [3.63, 3.8) is 0 Å². The van der Waals surface area contributed by atoms with Gasteiger partial charge in [-0.05, 0) is 76.6 Å². The number of amides is 2. The smallest absolute Gasteiger partial charge is 0.305 e. The highest BCUT2D eigenvalue weighted by atomic mass is 35.5. The SMILES string of the molecule is CCCC(c1ccc(C(=O)NCCC(=O)O)cc1)C(C(=O)N1Cc2ccc(-c3cnccc3OC)cc2C1)c1ccc(Cl)cc1. The fourth-order valence-corrected chi connectivity index (χ4v) is 6.14. The van der Waals surface area contributed by atoms with E-state index in [2.05, 4.69) is 29.4 Å². The summed E-state index contributed by atoms with van der Waals surface area (Å²) in [5.74, 6) is -1.15. The number of carboxylic acids is 1. The summed E-state index contributed by atoms with van der Waals surface area (Å²) in [5, 5.41) is 12.1. The second-order valence-electron chi connectivity index (χ2n) is 11.2. The molecule has 2 N–H and O–H groups in total. The monoisotopic (exact) mass is 625 g/mol. The Bertz CT molecular complexity index is 1670. The van der Waals surface area contributed by atoms with E-state index in [9.17, 15) is 14.4 Å². The molecule has 45 heavy (non-hydrogen) atoms. The molecule has 1 aliphatic rings. The standard InChI is InChI=1S/C36H36ClN3O5/c1-3-4-30(23-5-7-25(8-6-23)35(43)39-18-16-33(41)42)34(24-11-13-29(37)14-12-24)36(44)40-21-27-10-9-26(19-28(27)22-40)31-20-38-17-15-32(31)45-2/h5-15,17,19-20,30,34H,3-4,16,18,21-22H2,1-2H3,(H,39,43)(H,41,42). The van der Waals surface area contributed by atoms with E-state index in [1.54, 1.807) is 31.6 Å². The predicted molar refractivity (Wildman–Crippen MR) is 173 cm³/mol. The van der Waals surface area contributed by atoms with Gasteiger partial charge in [-0.25, -0.2) is 0 Å². The Labute approximate surface area is 268 Å². The highest BCUT2D eigenvalue weighted by Gasteiger charge is 2.36. The maximum absolute atomic E-state index is 14.5. The van der Waals surface area contributed by atoms with Crippen molar-refractivity contribution < 1.29 is 24.2 Å². The average Bonchev–Trinajstić information content (AvgIpc) is 3.49. The van der Waals surface area contributed by atoms with E-state index in [0.29, 0.717) is 23.7 Å². The van der Waals surface area contributed by atoms with E-state index in [0.717, 1.165) is 52.0 Å². The molecule has 2 atom stereocenters. The van der Waals surface area contributed by atoms with Crippen LogP contribution in [0, 0.1) is 0 Å². The fraction of sp³-hybridized carbons (Fsp3) is 0.278. The number of hydrogen-bond donors (Lipinski definition) is 2. The second-order valence-corrected chi connectivity index (χ2v) is 11.6. The van der Waals surface area contributed by atoms with E-state index >= 15 is 0 Å². The Balaban J connectivity index is 1.43. The number of aliphatic carboxylic acids is 1. The lowest BCUT2D eigenvalue weighted by Crippen LogP contribution is -2.34. The summed E-state index contributed by atoms with van der Waals surface area (Å²) < 4.78 is 5.55. The van der Waals surface area contributed by atoms with Gasteiger partial charge in [0.2, 0.25) is 5.91 Å². The zero-order valence-corrected chi connectivity index (χ0v) is 26.1. The molecule has 232 valence electrons. The molecule has 4 aromatic rings. The van der Waals surface area contributed by atoms with Crippen LogP contribution in [0.5, 0.6) is 5.75 Å². The summed E-state index contributed by atoms with van der Waals surface area (Å²) in [5.41, 5.74) is 6.35. The minimum Gasteiger partial charge on any atom is -0.496 e. The summed E-state index contributed by atoms with van der Waals surface area (Å²) in [6.45, 7) is 3.15. The first kappa shape index (κ1) is 31.7. The zero-order valence-electron chi connectivity index (χ0n) is 25.3. The number of fused-ring (bicyclic) bond motifs is 1. The van der Waals surface area contributed by atoms with Crippen LogP contribution >= 0.6 is 11.6 Å². The van der Waals surface area contributed by atoms with Crippen LogP contribution in [0.25, 0.3) is 11.1 Å². The number of nitrogens with one attached hydrogen (secondary N) is 1. The molecule has 3 aromatic carbocycles. The zero-order chi connectivity index (χ0) is 31.9. The molecule has 0 radical (unpaired) electrons. The lowest BCUT2D eigenvalue weighted by Gasteiger charge is -2.31. The van der Waals surface area contributed by atoms with Crippen LogP contribution < -0.4 is 10.1 Å². The van der Waals surface area contributed by atoms with Crippen LogP contribution in [0.3, 0.4) is 0 Å². The minimum atomic E-state index is -0.971. The van der Waals surface area contributed by atoms with E-state index in [1.165, 1.54) is 0 Å². The summed E-state index contributed by atoms with van der Waals surface area (Å²) in [7, 11) is 1.64. The Kier molecular flexibility index (Phi) is 10.1. The molecule has 0 bridgehead atoms. The Morgan fingerprint density at radius 3 is 2.38 bits per heavy atom. The van der Waals surface area contributed by atoms with Crippen LogP contribution in [-0.2, 0) is 22.7 Å². The number of carbonyl (C=O) groups is 3. The van der Waals surface area contributed by atoms with Gasteiger partial charge < -0.3 is 20.1 Å². The molecule has 1 aromatic heterocycles. The molecule has 2 unspecified atom stereocenters. The molecule has 8 nitrogen and oxygen atoms in total. The quantitative estimate of drug-likeness (QED) is 0.179. The van der Waals surface area contributed by atoms with Gasteiger partial charge in [-0.15, -0.1) is 0 Å². The highest BCUT2D eigenvalue weighted by molar-refractivity contribution is 6.30. The van der Waals surface area contributed by atoms with Crippen molar-refractivity contribution in [1.82, 2.24) is 15.2 Å². The Morgan fingerprint density at radius 2 is 1.69 bits per heavy atom. The first-order valence-corrected chi connectivity index (χ1v) is 15.4. The van der Waals surface area contributed by atoms with Crippen molar-refractivity contribution in [3.05, 3.63) is 118 Å². The van der Waals surface area contributed by atoms with Crippen LogP contribution in [-0.4, -0.2) is 46.4 Å². The first-order chi connectivity index (χ1) is 21.8. The maximum atomic E-state index is 14.5. The van der Waals surface area contributed by atoms with E-state index < -0.39 is 11.9 Å². The van der Waals surface area contributed by atoms with Gasteiger partial charge in [-0.2, -0.15) is 0 Å². The number of ether oxygens (including phenoxy) is 1. The molecule has 0 saturated carbocycles. The maximum Gasteiger partial charge on any atom is 0.305 e. The van der Waals surface area contributed by atoms with Crippen molar-refractivity contribution in [2.45, 2.75) is 51.1 Å². The average molecular weight is 626 g/mol. The number of carboxylic acid groups (broad SMARTS) is 1. The van der Waals surface area contributed by atoms with Gasteiger partial charge in [-0.3, -0.25) is 19.4 Å². The fourth-order valence-electron chi connectivity index (χ4n) is 6.01. The molecule has 0 aliphatic carbocycles. The number of methoxy groups -OCH3 is 1. The molecular weight excluding hydrogens is 590 g/mol. The summed E-state index contributed by atoms with van der Waals surface area (Å²) in [6.07, 6.45) is 4.96. The normalized spacial score (nSPS) is 13.5. The molecule has 0 saturated heterocycles. The number of aromatic nitrogens is 1. The molecule has 0 spiro atoms. The van der Waals surface area contributed by atoms with E-state index in [4.69, 9.17) is 21.4 Å². The van der Waals surface area contributed by atoms with Crippen LogP contribution in [0.15, 0.2) is 85.2 Å². The topological polar surface area (TPSA) is 109 Å². The second kappa shape index (κ2) is 14.4. The molecule has 1 aliphatic heterocycles. The molecular formula is C36H36ClN3O5. The molecule has 2 amide bonds. The van der Waals surface area contributed by atoms with Gasteiger partial charge in [0.05, 0.1) is 19.4 Å². The lowest BCUT2D eigenvalue weighted by molar-refractivity contribution is -0.137. The predicted octanol–water partition coefficient (Wildman–Crippen LogP) is 6.83. The minimum absolute atomic E-state index is 0.0305. The largest absolute Gasteiger partial charge is 0.496 e. The first-order valence-electron chi connectivity index (χ1n) is 15.0. The van der Waals surface area contributed by atoms with Crippen LogP contribution in [0.1, 0.15) is 70.6 Å².